The highest BCUT2D eigenvalue weighted by Gasteiger charge is 2.26. The number of rotatable bonds is 2. The van der Waals surface area contributed by atoms with Crippen LogP contribution >= 0.6 is 0 Å². The van der Waals surface area contributed by atoms with Crippen LogP contribution in [0.15, 0.2) is 0 Å². The van der Waals surface area contributed by atoms with Gasteiger partial charge in [0.1, 0.15) is 6.10 Å². The van der Waals surface area contributed by atoms with Crippen molar-refractivity contribution in [2.24, 2.45) is 10.8 Å². The van der Waals surface area contributed by atoms with Crippen LogP contribution in [0.2, 0.25) is 0 Å². The highest BCUT2D eigenvalue weighted by Crippen LogP contribution is 2.21. The Hall–Kier alpha value is -0.450. The van der Waals surface area contributed by atoms with Crippen LogP contribution in [0.25, 0.3) is 0 Å². The van der Waals surface area contributed by atoms with E-state index in [0.29, 0.717) is 0 Å². The number of carbonyl (C=O) groups is 1. The molecule has 0 aromatic heterocycles. The van der Waals surface area contributed by atoms with Crippen molar-refractivity contribution in [2.75, 3.05) is 0 Å². The molecule has 0 aliphatic heterocycles. The van der Waals surface area contributed by atoms with Gasteiger partial charge in [0.15, 0.2) is 5.78 Å². The lowest BCUT2D eigenvalue weighted by Crippen LogP contribution is -2.35. The average molecular weight is 262 g/mol. The maximum Gasteiger partial charge on any atom is 0.166 e. The molecule has 3 atom stereocenters. The summed E-state index contributed by atoms with van der Waals surface area (Å²) in [6.07, 6.45) is -2.09. The summed E-state index contributed by atoms with van der Waals surface area (Å²) >= 11 is 0. The average Bonchev–Trinajstić information content (AvgIpc) is 2.13. The van der Waals surface area contributed by atoms with Gasteiger partial charge < -0.3 is 15.3 Å². The Kier molecular flexibility index (Phi) is 7.97. The van der Waals surface area contributed by atoms with Crippen LogP contribution in [0, 0.1) is 10.8 Å². The van der Waals surface area contributed by atoms with Gasteiger partial charge in [0.25, 0.3) is 0 Å². The highest BCUT2D eigenvalue weighted by molar-refractivity contribution is 5.87. The van der Waals surface area contributed by atoms with Crippen LogP contribution in [0.1, 0.15) is 55.4 Å². The summed E-state index contributed by atoms with van der Waals surface area (Å²) in [7, 11) is 0. The lowest BCUT2D eigenvalue weighted by molar-refractivity contribution is -0.133. The van der Waals surface area contributed by atoms with Crippen molar-refractivity contribution >= 4 is 5.78 Å². The summed E-state index contributed by atoms with van der Waals surface area (Å²) in [6, 6.07) is 0. The van der Waals surface area contributed by atoms with Crippen molar-refractivity contribution in [3.05, 3.63) is 0 Å². The monoisotopic (exact) mass is 262 g/mol. The Morgan fingerprint density at radius 2 is 1.22 bits per heavy atom. The van der Waals surface area contributed by atoms with E-state index in [-0.39, 0.29) is 11.2 Å². The topological polar surface area (TPSA) is 77.8 Å². The third-order valence-electron chi connectivity index (χ3n) is 2.46. The van der Waals surface area contributed by atoms with Gasteiger partial charge in [-0.3, -0.25) is 4.79 Å². The summed E-state index contributed by atoms with van der Waals surface area (Å²) in [5.74, 6) is -0.109. The van der Waals surface area contributed by atoms with E-state index in [4.69, 9.17) is 10.2 Å². The van der Waals surface area contributed by atoms with Crippen molar-refractivity contribution in [3.8, 4) is 0 Å². The first-order valence-corrected chi connectivity index (χ1v) is 6.29. The summed E-state index contributed by atoms with van der Waals surface area (Å²) in [5.41, 5.74) is -0.623. The smallest absolute Gasteiger partial charge is 0.166 e. The van der Waals surface area contributed by atoms with Gasteiger partial charge in [0, 0.05) is 5.41 Å². The first-order chi connectivity index (χ1) is 7.71. The molecular weight excluding hydrogens is 232 g/mol. The summed E-state index contributed by atoms with van der Waals surface area (Å²) in [4.78, 5) is 10.9. The molecule has 0 aliphatic carbocycles. The van der Waals surface area contributed by atoms with E-state index in [1.807, 2.05) is 20.8 Å². The Bertz CT molecular complexity index is 244. The minimum Gasteiger partial charge on any atom is -0.391 e. The number of aliphatic hydroxyl groups excluding tert-OH is 3. The van der Waals surface area contributed by atoms with E-state index < -0.39 is 23.7 Å². The molecular formula is C14H30O4. The fraction of sp³-hybridized carbons (Fsp3) is 0.929. The summed E-state index contributed by atoms with van der Waals surface area (Å²) in [6.45, 7) is 14.1. The highest BCUT2D eigenvalue weighted by atomic mass is 16.3. The van der Waals surface area contributed by atoms with Gasteiger partial charge >= 0.3 is 0 Å². The fourth-order valence-corrected chi connectivity index (χ4v) is 1.35. The molecule has 0 aromatic rings. The number of hydrogen-bond donors (Lipinski definition) is 3. The van der Waals surface area contributed by atoms with Crippen LogP contribution < -0.4 is 0 Å². The molecule has 0 saturated carbocycles. The predicted octanol–water partition coefficient (Wildman–Crippen LogP) is 1.76. The zero-order valence-corrected chi connectivity index (χ0v) is 13.0. The fourth-order valence-electron chi connectivity index (χ4n) is 1.35. The van der Waals surface area contributed by atoms with Crippen molar-refractivity contribution in [1.29, 1.82) is 0 Å². The predicted molar refractivity (Wildman–Crippen MR) is 73.3 cm³/mol. The lowest BCUT2D eigenvalue weighted by Gasteiger charge is -2.27. The van der Waals surface area contributed by atoms with E-state index in [9.17, 15) is 9.90 Å². The van der Waals surface area contributed by atoms with Gasteiger partial charge in [-0.15, -0.1) is 0 Å². The molecule has 2 unspecified atom stereocenters. The third kappa shape index (κ3) is 8.61. The Morgan fingerprint density at radius 3 is 1.22 bits per heavy atom. The molecule has 0 fully saturated rings. The van der Waals surface area contributed by atoms with Crippen LogP contribution in [-0.2, 0) is 4.79 Å². The number of hydrogen-bond acceptors (Lipinski definition) is 4. The Balaban J connectivity index is 0. The second-order valence-corrected chi connectivity index (χ2v) is 6.84. The van der Waals surface area contributed by atoms with Crippen LogP contribution in [0.4, 0.5) is 0 Å². The number of carbonyl (C=O) groups excluding carboxylic acids is 1. The number of ketones is 1. The maximum atomic E-state index is 10.9. The van der Waals surface area contributed by atoms with Gasteiger partial charge in [-0.25, -0.2) is 0 Å². The van der Waals surface area contributed by atoms with E-state index in [1.54, 1.807) is 27.7 Å². The van der Waals surface area contributed by atoms with Crippen LogP contribution in [0.5, 0.6) is 0 Å². The zero-order chi connectivity index (χ0) is 15.3. The van der Waals surface area contributed by atoms with E-state index in [2.05, 4.69) is 0 Å². The van der Waals surface area contributed by atoms with Crippen LogP contribution in [0.3, 0.4) is 0 Å². The molecule has 0 aromatic carbocycles. The quantitative estimate of drug-likeness (QED) is 0.708. The van der Waals surface area contributed by atoms with Crippen molar-refractivity contribution in [1.82, 2.24) is 0 Å². The van der Waals surface area contributed by atoms with Gasteiger partial charge in [0.05, 0.1) is 12.2 Å². The van der Waals surface area contributed by atoms with Crippen molar-refractivity contribution in [2.45, 2.75) is 73.7 Å². The van der Waals surface area contributed by atoms with E-state index in [0.717, 1.165) is 0 Å². The van der Waals surface area contributed by atoms with Gasteiger partial charge in [0.2, 0.25) is 0 Å². The minimum atomic E-state index is -0.829. The molecule has 0 bridgehead atoms. The molecule has 0 amide bonds. The van der Waals surface area contributed by atoms with Crippen molar-refractivity contribution < 1.29 is 20.1 Å². The summed E-state index contributed by atoms with van der Waals surface area (Å²) in [5, 5.41) is 26.9. The van der Waals surface area contributed by atoms with Crippen molar-refractivity contribution in [3.63, 3.8) is 0 Å². The molecule has 0 spiro atoms. The molecule has 0 heterocycles. The van der Waals surface area contributed by atoms with E-state index in [1.165, 1.54) is 6.92 Å². The molecule has 0 rings (SSSR count). The lowest BCUT2D eigenvalue weighted by atomic mass is 9.86. The Labute approximate surface area is 111 Å². The molecule has 4 heteroatoms. The largest absolute Gasteiger partial charge is 0.391 e. The normalized spacial score (nSPS) is 17.3. The SMILES string of the molecule is CC(O)C(O)C(C)(C)C.C[C@@H](O)C(=O)C(C)(C)C. The molecule has 110 valence electrons. The minimum absolute atomic E-state index is 0.109. The first-order valence-electron chi connectivity index (χ1n) is 6.29. The maximum absolute atomic E-state index is 10.9. The zero-order valence-electron chi connectivity index (χ0n) is 13.0. The van der Waals surface area contributed by atoms with Gasteiger partial charge in [-0.05, 0) is 19.3 Å². The molecule has 0 aliphatic rings. The molecule has 4 nitrogen and oxygen atoms in total. The molecule has 0 saturated heterocycles. The van der Waals surface area contributed by atoms with Gasteiger partial charge in [-0.1, -0.05) is 41.5 Å². The number of aliphatic hydroxyl groups is 3. The standard InChI is InChI=1S/C7H16O2.C7H14O2/c2*1-5(8)6(9)7(2,3)4/h5-6,8-9H,1-4H3;5,8H,1-4H3/t;5-/m.1/s1. The first kappa shape index (κ1) is 19.9. The molecule has 18 heavy (non-hydrogen) atoms. The molecule has 3 N–H and O–H groups in total. The second-order valence-electron chi connectivity index (χ2n) is 6.84. The second kappa shape index (κ2) is 7.22. The summed E-state index contributed by atoms with van der Waals surface area (Å²) < 4.78 is 0. The number of Topliss-reactive ketones (excluding diaryl/α,β-unsaturated/α-hetero) is 1. The van der Waals surface area contributed by atoms with Gasteiger partial charge in [-0.2, -0.15) is 0 Å². The Morgan fingerprint density at radius 1 is 0.889 bits per heavy atom. The van der Waals surface area contributed by atoms with E-state index >= 15 is 0 Å². The molecule has 0 radical (unpaired) electrons. The van der Waals surface area contributed by atoms with Crippen LogP contribution in [-0.4, -0.2) is 39.4 Å². The third-order valence-corrected chi connectivity index (χ3v) is 2.46.